The van der Waals surface area contributed by atoms with Crippen LogP contribution in [0.5, 0.6) is 0 Å². The van der Waals surface area contributed by atoms with Crippen molar-refractivity contribution in [2.75, 3.05) is 5.32 Å². The van der Waals surface area contributed by atoms with Crippen molar-refractivity contribution < 1.29 is 5.11 Å². The van der Waals surface area contributed by atoms with Crippen LogP contribution in [0.1, 0.15) is 94.7 Å². The molecule has 2 aromatic heterocycles. The van der Waals surface area contributed by atoms with Crippen molar-refractivity contribution in [2.24, 2.45) is 0 Å². The maximum atomic E-state index is 9.90. The number of fused-ring (bicyclic) bond motifs is 1. The molecule has 26 heavy (non-hydrogen) atoms. The van der Waals surface area contributed by atoms with Crippen molar-refractivity contribution in [3.8, 4) is 0 Å². The van der Waals surface area contributed by atoms with Crippen molar-refractivity contribution >= 4 is 11.5 Å². The first-order valence-electron chi connectivity index (χ1n) is 10.4. The van der Waals surface area contributed by atoms with Crippen LogP contribution in [0.15, 0.2) is 12.3 Å². The molecule has 0 saturated heterocycles. The highest BCUT2D eigenvalue weighted by molar-refractivity contribution is 5.58. The summed E-state index contributed by atoms with van der Waals surface area (Å²) < 4.78 is 2.16. The minimum absolute atomic E-state index is 0.122. The molecule has 5 nitrogen and oxygen atoms in total. The van der Waals surface area contributed by atoms with Gasteiger partial charge in [0.15, 0.2) is 0 Å². The average Bonchev–Trinajstić information content (AvgIpc) is 3.01. The van der Waals surface area contributed by atoms with Crippen LogP contribution >= 0.6 is 0 Å². The minimum atomic E-state index is -0.122. The van der Waals surface area contributed by atoms with E-state index in [2.05, 4.69) is 34.7 Å². The van der Waals surface area contributed by atoms with Crippen molar-refractivity contribution in [1.29, 1.82) is 0 Å². The highest BCUT2D eigenvalue weighted by atomic mass is 16.3. The molecule has 0 bridgehead atoms. The Labute approximate surface area is 156 Å². The van der Waals surface area contributed by atoms with Crippen LogP contribution in [0.3, 0.4) is 0 Å². The van der Waals surface area contributed by atoms with E-state index in [1.165, 1.54) is 48.9 Å². The summed E-state index contributed by atoms with van der Waals surface area (Å²) in [5.41, 5.74) is 3.95. The zero-order chi connectivity index (χ0) is 18.1. The van der Waals surface area contributed by atoms with Crippen LogP contribution in [0.25, 0.3) is 5.52 Å². The van der Waals surface area contributed by atoms with E-state index >= 15 is 0 Å². The van der Waals surface area contributed by atoms with Crippen molar-refractivity contribution in [3.05, 3.63) is 23.5 Å². The highest BCUT2D eigenvalue weighted by Gasteiger charge is 2.27. The Morgan fingerprint density at radius 1 is 1.04 bits per heavy atom. The molecule has 0 aromatic carbocycles. The molecular weight excluding hydrogens is 324 g/mol. The molecule has 142 valence electrons. The lowest BCUT2D eigenvalue weighted by Crippen LogP contribution is -2.19. The van der Waals surface area contributed by atoms with E-state index in [0.29, 0.717) is 23.8 Å². The predicted molar refractivity (Wildman–Crippen MR) is 105 cm³/mol. The van der Waals surface area contributed by atoms with E-state index < -0.39 is 0 Å². The van der Waals surface area contributed by atoms with Crippen LogP contribution in [0, 0.1) is 0 Å². The quantitative estimate of drug-likeness (QED) is 0.839. The second-order valence-corrected chi connectivity index (χ2v) is 8.54. The smallest absolute Gasteiger partial charge is 0.241 e. The number of aliphatic hydroxyl groups is 1. The number of aromatic nitrogens is 3. The lowest BCUT2D eigenvalue weighted by molar-refractivity contribution is 0.121. The van der Waals surface area contributed by atoms with Gasteiger partial charge >= 0.3 is 0 Å². The molecular formula is C21H32N4O. The van der Waals surface area contributed by atoms with Crippen molar-refractivity contribution in [3.63, 3.8) is 0 Å². The molecule has 2 heterocycles. The standard InChI is InChI=1S/C21H32N4O/c1-14(2)23-21-22-13-20-18(15-6-4-3-5-7-15)12-19(25(20)24-21)16-8-10-17(26)11-9-16/h12-17,26H,3-11H2,1-2H3,(H,23,24)/t16-,17-. The molecule has 0 radical (unpaired) electrons. The summed E-state index contributed by atoms with van der Waals surface area (Å²) in [6, 6.07) is 2.73. The summed E-state index contributed by atoms with van der Waals surface area (Å²) >= 11 is 0. The summed E-state index contributed by atoms with van der Waals surface area (Å²) in [6.07, 6.45) is 12.4. The third-order valence-corrected chi connectivity index (χ3v) is 6.15. The van der Waals surface area contributed by atoms with Gasteiger partial charge in [-0.15, -0.1) is 5.10 Å². The molecule has 0 unspecified atom stereocenters. The predicted octanol–water partition coefficient (Wildman–Crippen LogP) is 4.62. The lowest BCUT2D eigenvalue weighted by Gasteiger charge is -2.25. The number of anilines is 1. The minimum Gasteiger partial charge on any atom is -0.393 e. The third kappa shape index (κ3) is 3.59. The highest BCUT2D eigenvalue weighted by Crippen LogP contribution is 2.40. The zero-order valence-corrected chi connectivity index (χ0v) is 16.1. The molecule has 0 spiro atoms. The Hall–Kier alpha value is -1.62. The number of nitrogens with one attached hydrogen (secondary N) is 1. The van der Waals surface area contributed by atoms with Gasteiger partial charge in [0, 0.05) is 17.7 Å². The van der Waals surface area contributed by atoms with E-state index in [1.54, 1.807) is 0 Å². The van der Waals surface area contributed by atoms with Gasteiger partial charge in [-0.25, -0.2) is 9.50 Å². The second-order valence-electron chi connectivity index (χ2n) is 8.54. The molecule has 2 N–H and O–H groups in total. The lowest BCUT2D eigenvalue weighted by atomic mass is 9.83. The van der Waals surface area contributed by atoms with Crippen LogP contribution in [0.2, 0.25) is 0 Å². The van der Waals surface area contributed by atoms with Crippen LogP contribution in [0.4, 0.5) is 5.95 Å². The van der Waals surface area contributed by atoms with E-state index in [-0.39, 0.29) is 6.10 Å². The molecule has 2 aromatic rings. The fourth-order valence-electron chi connectivity index (χ4n) is 4.77. The normalized spacial score (nSPS) is 25.1. The molecule has 0 aliphatic heterocycles. The van der Waals surface area contributed by atoms with Gasteiger partial charge in [0.2, 0.25) is 5.95 Å². The molecule has 2 aliphatic carbocycles. The zero-order valence-electron chi connectivity index (χ0n) is 16.1. The van der Waals surface area contributed by atoms with E-state index in [9.17, 15) is 5.11 Å². The molecule has 2 saturated carbocycles. The Bertz CT molecular complexity index is 740. The number of hydrogen-bond donors (Lipinski definition) is 2. The largest absolute Gasteiger partial charge is 0.393 e. The van der Waals surface area contributed by atoms with E-state index in [0.717, 1.165) is 25.7 Å². The maximum absolute atomic E-state index is 9.90. The third-order valence-electron chi connectivity index (χ3n) is 6.15. The SMILES string of the molecule is CC(C)Nc1ncc2c(C3CCCCC3)cc([C@H]3CC[C@H](O)CC3)n2n1. The van der Waals surface area contributed by atoms with E-state index in [4.69, 9.17) is 5.10 Å². The monoisotopic (exact) mass is 356 g/mol. The van der Waals surface area contributed by atoms with Gasteiger partial charge in [-0.05, 0) is 69.9 Å². The Morgan fingerprint density at radius 3 is 2.46 bits per heavy atom. The summed E-state index contributed by atoms with van der Waals surface area (Å²) in [5.74, 6) is 1.84. The first-order valence-corrected chi connectivity index (χ1v) is 10.4. The summed E-state index contributed by atoms with van der Waals surface area (Å²) in [4.78, 5) is 4.59. The summed E-state index contributed by atoms with van der Waals surface area (Å²) in [5, 5.41) is 18.1. The van der Waals surface area contributed by atoms with Gasteiger partial charge in [-0.2, -0.15) is 0 Å². The van der Waals surface area contributed by atoms with Crippen LogP contribution in [-0.4, -0.2) is 31.9 Å². The molecule has 5 heteroatoms. The number of nitrogens with zero attached hydrogens (tertiary/aromatic N) is 3. The molecule has 0 atom stereocenters. The first-order chi connectivity index (χ1) is 12.6. The van der Waals surface area contributed by atoms with Crippen LogP contribution in [-0.2, 0) is 0 Å². The Morgan fingerprint density at radius 2 is 1.77 bits per heavy atom. The van der Waals surface area contributed by atoms with E-state index in [1.807, 2.05) is 6.20 Å². The molecule has 0 amide bonds. The second kappa shape index (κ2) is 7.55. The van der Waals surface area contributed by atoms with Crippen LogP contribution < -0.4 is 5.32 Å². The van der Waals surface area contributed by atoms with Crippen molar-refractivity contribution in [1.82, 2.24) is 14.6 Å². The maximum Gasteiger partial charge on any atom is 0.241 e. The number of hydrogen-bond acceptors (Lipinski definition) is 4. The first kappa shape index (κ1) is 17.8. The van der Waals surface area contributed by atoms with Crippen molar-refractivity contribution in [2.45, 2.75) is 95.6 Å². The molecule has 2 fully saturated rings. The molecule has 4 rings (SSSR count). The number of aliphatic hydroxyl groups excluding tert-OH is 1. The van der Waals surface area contributed by atoms with Gasteiger partial charge in [-0.1, -0.05) is 19.3 Å². The van der Waals surface area contributed by atoms with Gasteiger partial charge < -0.3 is 10.4 Å². The van der Waals surface area contributed by atoms with Gasteiger partial charge in [-0.3, -0.25) is 0 Å². The average molecular weight is 357 g/mol. The van der Waals surface area contributed by atoms with Gasteiger partial charge in [0.05, 0.1) is 17.8 Å². The fraction of sp³-hybridized carbons (Fsp3) is 0.714. The fourth-order valence-corrected chi connectivity index (χ4v) is 4.77. The Kier molecular flexibility index (Phi) is 5.16. The van der Waals surface area contributed by atoms with Gasteiger partial charge in [0.25, 0.3) is 0 Å². The van der Waals surface area contributed by atoms with Gasteiger partial charge in [0.1, 0.15) is 0 Å². The summed E-state index contributed by atoms with van der Waals surface area (Å²) in [7, 11) is 0. The number of rotatable bonds is 4. The topological polar surface area (TPSA) is 62.5 Å². The Balaban J connectivity index is 1.74. The molecule has 2 aliphatic rings. The summed E-state index contributed by atoms with van der Waals surface area (Å²) in [6.45, 7) is 4.22.